The molecular formula is C14H19N3S. The summed E-state index contributed by atoms with van der Waals surface area (Å²) in [6.45, 7) is 6.01. The lowest BCUT2D eigenvalue weighted by Gasteiger charge is -2.18. The van der Waals surface area contributed by atoms with Crippen molar-refractivity contribution in [1.29, 1.82) is 0 Å². The maximum Gasteiger partial charge on any atom is 0.182 e. The lowest BCUT2D eigenvalue weighted by Crippen LogP contribution is -2.15. The van der Waals surface area contributed by atoms with Crippen molar-refractivity contribution in [3.63, 3.8) is 0 Å². The number of hydrogen-bond donors (Lipinski definition) is 1. The van der Waals surface area contributed by atoms with Crippen molar-refractivity contribution in [2.24, 2.45) is 0 Å². The molecule has 1 aromatic heterocycles. The first-order valence-corrected chi connectivity index (χ1v) is 6.97. The highest BCUT2D eigenvalue weighted by Crippen LogP contribution is 2.22. The van der Waals surface area contributed by atoms with Crippen LogP contribution in [0.15, 0.2) is 30.5 Å². The minimum Gasteiger partial charge on any atom is -0.369 e. The number of nitrogens with one attached hydrogen (secondary N) is 1. The molecule has 0 saturated carbocycles. The lowest BCUT2D eigenvalue weighted by molar-refractivity contribution is 0.936. The van der Waals surface area contributed by atoms with E-state index < -0.39 is 0 Å². The minimum atomic E-state index is 0.895. The maximum atomic E-state index is 4.35. The first-order chi connectivity index (χ1) is 8.69. The van der Waals surface area contributed by atoms with Crippen LogP contribution in [0.5, 0.6) is 0 Å². The molecule has 3 nitrogen and oxygen atoms in total. The fourth-order valence-corrected chi connectivity index (χ4v) is 2.74. The topological polar surface area (TPSA) is 28.2 Å². The van der Waals surface area contributed by atoms with E-state index in [4.69, 9.17) is 0 Å². The van der Waals surface area contributed by atoms with E-state index in [1.54, 1.807) is 11.3 Å². The van der Waals surface area contributed by atoms with Crippen molar-refractivity contribution >= 4 is 22.2 Å². The Morgan fingerprint density at radius 2 is 2.22 bits per heavy atom. The van der Waals surface area contributed by atoms with Gasteiger partial charge >= 0.3 is 0 Å². The van der Waals surface area contributed by atoms with Crippen LogP contribution < -0.4 is 10.2 Å². The van der Waals surface area contributed by atoms with Crippen molar-refractivity contribution in [2.45, 2.75) is 20.4 Å². The van der Waals surface area contributed by atoms with Crippen LogP contribution in [0.2, 0.25) is 0 Å². The standard InChI is InChI=1S/C14H19N3S/c1-4-15-14-16-9-13(18-14)10-17(3)12-7-5-6-11(2)8-12/h5-9H,4,10H2,1-3H3,(H,15,16). The molecule has 2 aromatic rings. The van der Waals surface area contributed by atoms with Crippen LogP contribution in [0.25, 0.3) is 0 Å². The number of nitrogens with zero attached hydrogens (tertiary/aromatic N) is 2. The van der Waals surface area contributed by atoms with Crippen LogP contribution in [0, 0.1) is 6.92 Å². The van der Waals surface area contributed by atoms with E-state index in [9.17, 15) is 0 Å². The zero-order valence-corrected chi connectivity index (χ0v) is 11.9. The van der Waals surface area contributed by atoms with Crippen molar-refractivity contribution in [1.82, 2.24) is 4.98 Å². The zero-order chi connectivity index (χ0) is 13.0. The van der Waals surface area contributed by atoms with E-state index in [-0.39, 0.29) is 0 Å². The molecule has 18 heavy (non-hydrogen) atoms. The molecule has 96 valence electrons. The number of thiazole rings is 1. The highest BCUT2D eigenvalue weighted by molar-refractivity contribution is 7.15. The van der Waals surface area contributed by atoms with Gasteiger partial charge < -0.3 is 10.2 Å². The van der Waals surface area contributed by atoms with Gasteiger partial charge in [0.15, 0.2) is 5.13 Å². The second kappa shape index (κ2) is 5.87. The summed E-state index contributed by atoms with van der Waals surface area (Å²) in [6, 6.07) is 8.55. The molecule has 2 rings (SSSR count). The van der Waals surface area contributed by atoms with Crippen LogP contribution in [-0.4, -0.2) is 18.6 Å². The predicted molar refractivity (Wildman–Crippen MR) is 79.6 cm³/mol. The molecular weight excluding hydrogens is 242 g/mol. The number of rotatable bonds is 5. The Labute approximate surface area is 112 Å². The zero-order valence-electron chi connectivity index (χ0n) is 11.1. The van der Waals surface area contributed by atoms with Crippen LogP contribution in [-0.2, 0) is 6.54 Å². The van der Waals surface area contributed by atoms with E-state index >= 15 is 0 Å². The first-order valence-electron chi connectivity index (χ1n) is 6.15. The van der Waals surface area contributed by atoms with Crippen LogP contribution in [0.4, 0.5) is 10.8 Å². The van der Waals surface area contributed by atoms with E-state index in [0.29, 0.717) is 0 Å². The van der Waals surface area contributed by atoms with Gasteiger partial charge in [0.05, 0.1) is 6.54 Å². The predicted octanol–water partition coefficient (Wildman–Crippen LogP) is 3.52. The lowest BCUT2D eigenvalue weighted by atomic mass is 10.2. The third-order valence-electron chi connectivity index (χ3n) is 2.72. The molecule has 0 atom stereocenters. The quantitative estimate of drug-likeness (QED) is 0.892. The summed E-state index contributed by atoms with van der Waals surface area (Å²) in [7, 11) is 2.11. The van der Waals surface area contributed by atoms with Gasteiger partial charge in [-0.15, -0.1) is 11.3 Å². The fraction of sp³-hybridized carbons (Fsp3) is 0.357. The molecule has 0 aliphatic carbocycles. The average Bonchev–Trinajstić information content (AvgIpc) is 2.77. The summed E-state index contributed by atoms with van der Waals surface area (Å²) in [4.78, 5) is 7.87. The second-order valence-electron chi connectivity index (χ2n) is 4.36. The number of anilines is 2. The number of aromatic nitrogens is 1. The van der Waals surface area contributed by atoms with Gasteiger partial charge in [-0.2, -0.15) is 0 Å². The van der Waals surface area contributed by atoms with Gasteiger partial charge in [-0.25, -0.2) is 4.98 Å². The van der Waals surface area contributed by atoms with Gasteiger partial charge in [0.2, 0.25) is 0 Å². The van der Waals surface area contributed by atoms with Crippen molar-refractivity contribution in [3.8, 4) is 0 Å². The van der Waals surface area contributed by atoms with Gasteiger partial charge in [-0.05, 0) is 31.5 Å². The van der Waals surface area contributed by atoms with E-state index in [1.165, 1.54) is 16.1 Å². The number of hydrogen-bond acceptors (Lipinski definition) is 4. The molecule has 0 unspecified atom stereocenters. The molecule has 0 spiro atoms. The third kappa shape index (κ3) is 3.23. The third-order valence-corrected chi connectivity index (χ3v) is 3.66. The summed E-state index contributed by atoms with van der Waals surface area (Å²) in [5, 5.41) is 4.24. The Morgan fingerprint density at radius 1 is 1.39 bits per heavy atom. The Bertz CT molecular complexity index is 507. The molecule has 1 N–H and O–H groups in total. The summed E-state index contributed by atoms with van der Waals surface area (Å²) in [5.74, 6) is 0. The fourth-order valence-electron chi connectivity index (χ4n) is 1.80. The summed E-state index contributed by atoms with van der Waals surface area (Å²) in [5.41, 5.74) is 2.53. The Morgan fingerprint density at radius 3 is 2.94 bits per heavy atom. The SMILES string of the molecule is CCNc1ncc(CN(C)c2cccc(C)c2)s1. The van der Waals surface area contributed by atoms with Crippen molar-refractivity contribution < 1.29 is 0 Å². The summed E-state index contributed by atoms with van der Waals surface area (Å²) in [6.07, 6.45) is 1.95. The Hall–Kier alpha value is -1.55. The van der Waals surface area contributed by atoms with E-state index in [2.05, 4.69) is 60.4 Å². The molecule has 4 heteroatoms. The Kier molecular flexibility index (Phi) is 4.20. The largest absolute Gasteiger partial charge is 0.369 e. The molecule has 1 heterocycles. The van der Waals surface area contributed by atoms with Gasteiger partial charge in [0.1, 0.15) is 0 Å². The molecule has 1 aromatic carbocycles. The van der Waals surface area contributed by atoms with Crippen LogP contribution in [0.3, 0.4) is 0 Å². The maximum absolute atomic E-state index is 4.35. The first kappa shape index (κ1) is 12.9. The van der Waals surface area contributed by atoms with Crippen molar-refractivity contribution in [2.75, 3.05) is 23.8 Å². The molecule has 0 saturated heterocycles. The monoisotopic (exact) mass is 261 g/mol. The second-order valence-corrected chi connectivity index (χ2v) is 5.47. The normalized spacial score (nSPS) is 10.4. The van der Waals surface area contributed by atoms with Crippen LogP contribution in [0.1, 0.15) is 17.4 Å². The molecule has 0 fully saturated rings. The van der Waals surface area contributed by atoms with Gasteiger partial charge in [-0.1, -0.05) is 12.1 Å². The molecule has 0 radical (unpaired) electrons. The Balaban J connectivity index is 2.04. The molecule has 0 aliphatic rings. The van der Waals surface area contributed by atoms with Crippen LogP contribution >= 0.6 is 11.3 Å². The van der Waals surface area contributed by atoms with Gasteiger partial charge in [0, 0.05) is 30.4 Å². The van der Waals surface area contributed by atoms with Gasteiger partial charge in [0.25, 0.3) is 0 Å². The molecule has 0 aliphatic heterocycles. The summed E-state index contributed by atoms with van der Waals surface area (Å²) >= 11 is 1.72. The van der Waals surface area contributed by atoms with E-state index in [0.717, 1.165) is 18.2 Å². The molecule has 0 amide bonds. The highest BCUT2D eigenvalue weighted by atomic mass is 32.1. The average molecular weight is 261 g/mol. The smallest absolute Gasteiger partial charge is 0.182 e. The minimum absolute atomic E-state index is 0.895. The van der Waals surface area contributed by atoms with Crippen molar-refractivity contribution in [3.05, 3.63) is 40.9 Å². The number of aryl methyl sites for hydroxylation is 1. The highest BCUT2D eigenvalue weighted by Gasteiger charge is 2.05. The molecule has 0 bridgehead atoms. The van der Waals surface area contributed by atoms with Gasteiger partial charge in [-0.3, -0.25) is 0 Å². The van der Waals surface area contributed by atoms with E-state index in [1.807, 2.05) is 6.20 Å². The number of benzene rings is 1. The summed E-state index contributed by atoms with van der Waals surface area (Å²) < 4.78 is 0.